The largest absolute Gasteiger partial charge is 0.489 e. The number of carbonyl (C=O) groups excluding carboxylic acids is 2. The summed E-state index contributed by atoms with van der Waals surface area (Å²) in [5.41, 5.74) is 1.69. The Balaban J connectivity index is 1.04. The third kappa shape index (κ3) is 5.76. The molecule has 0 aromatic heterocycles. The first kappa shape index (κ1) is 31.7. The van der Waals surface area contributed by atoms with Crippen molar-refractivity contribution in [1.82, 2.24) is 9.80 Å². The minimum absolute atomic E-state index is 0.147. The van der Waals surface area contributed by atoms with Gasteiger partial charge in [0.05, 0.1) is 0 Å². The average molecular weight is 689 g/mol. The molecule has 6 aromatic rings. The molecular weight excluding hydrogens is 652 g/mol. The quantitative estimate of drug-likeness (QED) is 0.140. The maximum Gasteiger partial charge on any atom is 0.266 e. The molecule has 2 fully saturated rings. The van der Waals surface area contributed by atoms with E-state index in [0.717, 1.165) is 32.7 Å². The van der Waals surface area contributed by atoms with Crippen LogP contribution in [0.2, 0.25) is 0 Å². The number of hydrogen-bond acceptors (Lipinski definition) is 6. The van der Waals surface area contributed by atoms with Crippen molar-refractivity contribution in [3.63, 3.8) is 0 Å². The van der Waals surface area contributed by atoms with E-state index >= 15 is 0 Å². The number of β-lactam (4-membered cyclic amide) rings is 2. The van der Waals surface area contributed by atoms with Crippen LogP contribution in [0, 0.1) is 0 Å². The van der Waals surface area contributed by atoms with Crippen LogP contribution < -0.4 is 18.9 Å². The summed E-state index contributed by atoms with van der Waals surface area (Å²) in [4.78, 5) is 31.6. The number of ether oxygens (including phenoxy) is 4. The molecule has 0 saturated carbocycles. The predicted octanol–water partition coefficient (Wildman–Crippen LogP) is 7.68. The monoisotopic (exact) mass is 688 g/mol. The van der Waals surface area contributed by atoms with Gasteiger partial charge in [-0.05, 0) is 70.1 Å². The summed E-state index contributed by atoms with van der Waals surface area (Å²) in [5, 5.41) is 4.25. The first-order valence-electron chi connectivity index (χ1n) is 17.6. The Kier molecular flexibility index (Phi) is 8.20. The topological polar surface area (TPSA) is 77.5 Å². The number of fused-ring (bicyclic) bond motifs is 8. The number of hydrogen-bond donors (Lipinski definition) is 0. The van der Waals surface area contributed by atoms with Gasteiger partial charge in [-0.1, -0.05) is 97.1 Å². The Morgan fingerprint density at radius 1 is 0.481 bits per heavy atom. The van der Waals surface area contributed by atoms with Crippen molar-refractivity contribution in [2.24, 2.45) is 0 Å². The summed E-state index contributed by atoms with van der Waals surface area (Å²) in [6.07, 6.45) is 2.31. The zero-order chi connectivity index (χ0) is 35.0. The normalized spacial score (nSPS) is 22.0. The van der Waals surface area contributed by atoms with Crippen LogP contribution in [0.25, 0.3) is 21.5 Å². The Hall–Kier alpha value is -6.28. The molecule has 0 spiro atoms. The van der Waals surface area contributed by atoms with Crippen molar-refractivity contribution in [2.45, 2.75) is 24.3 Å². The Bertz CT molecular complexity index is 2180. The Labute approximate surface area is 301 Å². The molecule has 6 aromatic carbocycles. The third-order valence-corrected chi connectivity index (χ3v) is 10.2. The van der Waals surface area contributed by atoms with Crippen LogP contribution in [-0.2, 0) is 9.59 Å². The van der Waals surface area contributed by atoms with E-state index in [9.17, 15) is 9.59 Å². The van der Waals surface area contributed by atoms with Gasteiger partial charge < -0.3 is 28.7 Å². The van der Waals surface area contributed by atoms with Crippen molar-refractivity contribution in [1.29, 1.82) is 0 Å². The van der Waals surface area contributed by atoms with Gasteiger partial charge in [0, 0.05) is 24.2 Å². The summed E-state index contributed by atoms with van der Waals surface area (Å²) in [6.45, 7) is 1.24. The SMILES string of the molecule is O=C1[C@@H](Oc2ccc3ccccc3c2)[C@H]2c3ccccc3OC/C=C/COc3ccccc3[C@H]3[C@@H](Oc4ccc5ccccc5c4)C(=O)N3CCN12. The van der Waals surface area contributed by atoms with Crippen LogP contribution in [0.4, 0.5) is 0 Å². The molecule has 3 aliphatic rings. The van der Waals surface area contributed by atoms with E-state index in [1.807, 2.05) is 146 Å². The number of benzene rings is 6. The molecule has 3 aliphatic heterocycles. The lowest BCUT2D eigenvalue weighted by atomic mass is 9.88. The maximum atomic E-state index is 14.0. The van der Waals surface area contributed by atoms with Crippen molar-refractivity contribution in [3.05, 3.63) is 157 Å². The van der Waals surface area contributed by atoms with Crippen LogP contribution >= 0.6 is 0 Å². The predicted molar refractivity (Wildman–Crippen MR) is 199 cm³/mol. The van der Waals surface area contributed by atoms with Crippen LogP contribution in [0.3, 0.4) is 0 Å². The molecule has 8 nitrogen and oxygen atoms in total. The molecule has 0 N–H and O–H groups in total. The molecule has 2 saturated heterocycles. The van der Waals surface area contributed by atoms with Crippen LogP contribution in [0.5, 0.6) is 23.0 Å². The molecule has 258 valence electrons. The van der Waals surface area contributed by atoms with Gasteiger partial charge in [-0.2, -0.15) is 0 Å². The molecular formula is C44H36N2O6. The second kappa shape index (κ2) is 13.5. The maximum absolute atomic E-state index is 14.0. The van der Waals surface area contributed by atoms with Crippen molar-refractivity contribution in [3.8, 4) is 23.0 Å². The number of para-hydroxylation sites is 2. The standard InChI is InChI=1S/C44H36N2O6/c47-43-41(51-33-21-19-29-11-1-3-13-31(29)27-33)39-35-15-5-7-17-37(35)49-25-9-10-26-50-38-18-8-6-16-36(38)40-42(44(48)46(40)24-23-45(39)43)52-34-22-20-30-12-2-4-14-32(30)28-34/h1-22,27-28,39-42H,23-26H2/b10-9+/t39-,40+,41+,42-. The second-order valence-corrected chi connectivity index (χ2v) is 13.2. The van der Waals surface area contributed by atoms with Crippen molar-refractivity contribution in [2.75, 3.05) is 26.3 Å². The lowest BCUT2D eigenvalue weighted by Gasteiger charge is -2.51. The minimum atomic E-state index is -0.763. The zero-order valence-electron chi connectivity index (χ0n) is 28.3. The lowest BCUT2D eigenvalue weighted by molar-refractivity contribution is -0.172. The summed E-state index contributed by atoms with van der Waals surface area (Å²) in [5.74, 6) is 2.28. The summed E-state index contributed by atoms with van der Waals surface area (Å²) in [7, 11) is 0. The molecule has 0 bridgehead atoms. The van der Waals surface area contributed by atoms with E-state index < -0.39 is 24.3 Å². The van der Waals surface area contributed by atoms with Gasteiger partial charge in [-0.3, -0.25) is 9.59 Å². The lowest BCUT2D eigenvalue weighted by Crippen LogP contribution is -2.66. The molecule has 52 heavy (non-hydrogen) atoms. The fourth-order valence-corrected chi connectivity index (χ4v) is 7.54. The fourth-order valence-electron chi connectivity index (χ4n) is 7.54. The van der Waals surface area contributed by atoms with E-state index in [1.165, 1.54) is 0 Å². The van der Waals surface area contributed by atoms with Crippen LogP contribution in [0.1, 0.15) is 23.2 Å². The van der Waals surface area contributed by atoms with Gasteiger partial charge in [-0.25, -0.2) is 0 Å². The summed E-state index contributed by atoms with van der Waals surface area (Å²) in [6, 6.07) is 42.5. The Morgan fingerprint density at radius 3 is 1.35 bits per heavy atom. The molecule has 8 heteroatoms. The van der Waals surface area contributed by atoms with Gasteiger partial charge in [-0.15, -0.1) is 0 Å². The van der Waals surface area contributed by atoms with E-state index in [2.05, 4.69) is 0 Å². The van der Waals surface area contributed by atoms with E-state index in [-0.39, 0.29) is 11.8 Å². The Morgan fingerprint density at radius 2 is 0.885 bits per heavy atom. The fraction of sp³-hybridized carbons (Fsp3) is 0.182. The number of amides is 2. The number of nitrogens with zero attached hydrogens (tertiary/aromatic N) is 2. The van der Waals surface area contributed by atoms with Gasteiger partial charge in [0.1, 0.15) is 48.3 Å². The van der Waals surface area contributed by atoms with Crippen LogP contribution in [-0.4, -0.2) is 60.1 Å². The first-order valence-corrected chi connectivity index (χ1v) is 17.6. The first-order chi connectivity index (χ1) is 25.6. The molecule has 2 amide bonds. The molecule has 9 rings (SSSR count). The molecule has 0 aliphatic carbocycles. The number of rotatable bonds is 4. The van der Waals surface area contributed by atoms with E-state index in [4.69, 9.17) is 18.9 Å². The molecule has 3 heterocycles. The smallest absolute Gasteiger partial charge is 0.266 e. The van der Waals surface area contributed by atoms with E-state index in [0.29, 0.717) is 49.3 Å². The highest BCUT2D eigenvalue weighted by molar-refractivity contribution is 5.92. The van der Waals surface area contributed by atoms with Crippen molar-refractivity contribution >= 4 is 33.4 Å². The summed E-state index contributed by atoms with van der Waals surface area (Å²) < 4.78 is 25.4. The number of carbonyl (C=O) groups is 2. The molecule has 0 unspecified atom stereocenters. The molecule has 4 atom stereocenters. The second-order valence-electron chi connectivity index (χ2n) is 13.2. The highest BCUT2D eigenvalue weighted by Crippen LogP contribution is 2.45. The highest BCUT2D eigenvalue weighted by Gasteiger charge is 2.54. The van der Waals surface area contributed by atoms with Gasteiger partial charge >= 0.3 is 0 Å². The third-order valence-electron chi connectivity index (χ3n) is 10.2. The van der Waals surface area contributed by atoms with Gasteiger partial charge in [0.2, 0.25) is 12.2 Å². The van der Waals surface area contributed by atoms with E-state index in [1.54, 1.807) is 9.80 Å². The average Bonchev–Trinajstić information content (AvgIpc) is 3.18. The van der Waals surface area contributed by atoms with Gasteiger partial charge in [0.15, 0.2) is 0 Å². The minimum Gasteiger partial charge on any atom is -0.489 e. The summed E-state index contributed by atoms with van der Waals surface area (Å²) >= 11 is 0. The zero-order valence-corrected chi connectivity index (χ0v) is 28.3. The molecule has 0 radical (unpaired) electrons. The highest BCUT2D eigenvalue weighted by atomic mass is 16.5. The van der Waals surface area contributed by atoms with Crippen molar-refractivity contribution < 1.29 is 28.5 Å². The van der Waals surface area contributed by atoms with Crippen LogP contribution in [0.15, 0.2) is 146 Å². The van der Waals surface area contributed by atoms with Gasteiger partial charge in [0.25, 0.3) is 11.8 Å².